The highest BCUT2D eigenvalue weighted by atomic mass is 16.5. The monoisotopic (exact) mass is 852 g/mol. The minimum atomic E-state index is -0.980. The molecule has 6 nitrogen and oxygen atoms in total. The van der Waals surface area contributed by atoms with E-state index in [1.807, 2.05) is 36.4 Å². The van der Waals surface area contributed by atoms with E-state index in [-0.39, 0.29) is 22.3 Å². The fraction of sp³-hybridized carbons (Fsp3) is 0.379. The summed E-state index contributed by atoms with van der Waals surface area (Å²) in [5, 5.41) is 2.20. The van der Waals surface area contributed by atoms with Crippen LogP contribution in [-0.2, 0) is 11.0 Å². The second kappa shape index (κ2) is 14.8. The number of methoxy groups -OCH3 is 4. The SMILES string of the molecule is COc1ccc(C2(c3ccc(OC)cc3)C=Cc3c4c(c5cc(OC6CC7CCC6C7)c(-c6ccc(OC)cc6OC)cc5c3O2)-c2ccccc2C42CC(C)(C)CC(C)(C)C2)cc1. The van der Waals surface area contributed by atoms with E-state index in [1.54, 1.807) is 28.4 Å². The Hall–Kier alpha value is -5.88. The van der Waals surface area contributed by atoms with E-state index in [4.69, 9.17) is 28.4 Å². The lowest BCUT2D eigenvalue weighted by molar-refractivity contribution is 0.0642. The van der Waals surface area contributed by atoms with Crippen LogP contribution >= 0.6 is 0 Å². The highest BCUT2D eigenvalue weighted by Crippen LogP contribution is 2.67. The zero-order valence-electron chi connectivity index (χ0n) is 38.6. The van der Waals surface area contributed by atoms with Crippen molar-refractivity contribution in [1.82, 2.24) is 0 Å². The van der Waals surface area contributed by atoms with Gasteiger partial charge in [-0.3, -0.25) is 0 Å². The second-order valence-electron chi connectivity index (χ2n) is 20.9. The molecule has 4 aliphatic carbocycles. The first-order valence-electron chi connectivity index (χ1n) is 23.2. The van der Waals surface area contributed by atoms with Crippen LogP contribution in [0.2, 0.25) is 0 Å². The molecule has 6 aromatic carbocycles. The van der Waals surface area contributed by atoms with Crippen LogP contribution in [0.15, 0.2) is 109 Å². The summed E-state index contributed by atoms with van der Waals surface area (Å²) in [6.07, 6.45) is 13.0. The highest BCUT2D eigenvalue weighted by molar-refractivity contribution is 6.11. The predicted molar refractivity (Wildman–Crippen MR) is 256 cm³/mol. The van der Waals surface area contributed by atoms with Gasteiger partial charge < -0.3 is 28.4 Å². The molecular formula is C58H60O6. The second-order valence-corrected chi connectivity index (χ2v) is 20.9. The summed E-state index contributed by atoms with van der Waals surface area (Å²) in [4.78, 5) is 0. The number of hydrogen-bond acceptors (Lipinski definition) is 6. The van der Waals surface area contributed by atoms with Crippen molar-refractivity contribution >= 4 is 16.8 Å². The molecule has 0 aromatic heterocycles. The molecule has 3 unspecified atom stereocenters. The summed E-state index contributed by atoms with van der Waals surface area (Å²) >= 11 is 0. The average molecular weight is 853 g/mol. The molecule has 3 saturated carbocycles. The van der Waals surface area contributed by atoms with Crippen molar-refractivity contribution in [2.45, 2.75) is 89.8 Å². The summed E-state index contributed by atoms with van der Waals surface area (Å²) in [6, 6.07) is 36.7. The number of ether oxygens (including phenoxy) is 6. The molecule has 1 spiro atoms. The Morgan fingerprint density at radius 1 is 0.578 bits per heavy atom. The maximum atomic E-state index is 7.95. The van der Waals surface area contributed by atoms with Crippen molar-refractivity contribution in [3.8, 4) is 56.8 Å². The summed E-state index contributed by atoms with van der Waals surface area (Å²) < 4.78 is 38.6. The number of fused-ring (bicyclic) bond motifs is 12. The van der Waals surface area contributed by atoms with E-state index in [2.05, 4.69) is 107 Å². The first-order valence-corrected chi connectivity index (χ1v) is 23.2. The fourth-order valence-corrected chi connectivity index (χ4v) is 13.7. The van der Waals surface area contributed by atoms with Gasteiger partial charge in [0.2, 0.25) is 0 Å². The molecule has 0 saturated heterocycles. The Balaban J connectivity index is 1.25. The first kappa shape index (κ1) is 40.9. The van der Waals surface area contributed by atoms with Gasteiger partial charge in [0.05, 0.1) is 28.4 Å². The fourth-order valence-electron chi connectivity index (χ4n) is 13.7. The summed E-state index contributed by atoms with van der Waals surface area (Å²) in [7, 11) is 6.85. The zero-order valence-corrected chi connectivity index (χ0v) is 38.6. The van der Waals surface area contributed by atoms with Gasteiger partial charge in [-0.25, -0.2) is 0 Å². The van der Waals surface area contributed by atoms with Crippen molar-refractivity contribution in [2.24, 2.45) is 22.7 Å². The maximum absolute atomic E-state index is 7.95. The van der Waals surface area contributed by atoms with Gasteiger partial charge in [0, 0.05) is 44.7 Å². The molecule has 6 heteroatoms. The lowest BCUT2D eigenvalue weighted by atomic mass is 9.52. The summed E-state index contributed by atoms with van der Waals surface area (Å²) in [5.74, 6) is 6.12. The molecular weight excluding hydrogens is 793 g/mol. The molecule has 3 atom stereocenters. The van der Waals surface area contributed by atoms with Gasteiger partial charge in [-0.15, -0.1) is 0 Å². The maximum Gasteiger partial charge on any atom is 0.178 e. The van der Waals surface area contributed by atoms with Crippen LogP contribution in [0.5, 0.6) is 34.5 Å². The Kier molecular flexibility index (Phi) is 9.47. The van der Waals surface area contributed by atoms with Crippen LogP contribution in [0.1, 0.15) is 100 Å². The summed E-state index contributed by atoms with van der Waals surface area (Å²) in [6.45, 7) is 9.91. The topological polar surface area (TPSA) is 55.4 Å². The molecule has 2 bridgehead atoms. The standard InChI is InChI=1S/C58H60O6/c1-55(2)32-56(3,4)34-57(33-55)48-12-10-9-11-43(48)52-46-31-51(63-49-28-35-13-14-36(49)27-35)45(42-24-23-41(61-7)29-50(42)62-8)30-47(46)54-44(53(52)57)25-26-58(64-54,37-15-19-39(59-5)20-16-37)38-17-21-40(60-6)22-18-38/h9-12,15-26,29-31,35-36,49H,13-14,27-28,32-34H2,1-8H3. The quantitative estimate of drug-likeness (QED) is 0.144. The molecule has 6 aromatic rings. The van der Waals surface area contributed by atoms with Crippen molar-refractivity contribution in [3.05, 3.63) is 137 Å². The van der Waals surface area contributed by atoms with Gasteiger partial charge in [-0.05, 0) is 150 Å². The van der Waals surface area contributed by atoms with Gasteiger partial charge in [0.25, 0.3) is 0 Å². The van der Waals surface area contributed by atoms with E-state index >= 15 is 0 Å². The molecule has 3 fully saturated rings. The largest absolute Gasteiger partial charge is 0.497 e. The van der Waals surface area contributed by atoms with Crippen LogP contribution in [0.25, 0.3) is 39.1 Å². The molecule has 11 rings (SSSR count). The third kappa shape index (κ3) is 6.33. The Bertz CT molecular complexity index is 2770. The van der Waals surface area contributed by atoms with Crippen molar-refractivity contribution in [1.29, 1.82) is 0 Å². The van der Waals surface area contributed by atoms with Crippen molar-refractivity contribution < 1.29 is 28.4 Å². The Morgan fingerprint density at radius 2 is 1.23 bits per heavy atom. The van der Waals surface area contributed by atoms with Gasteiger partial charge in [-0.1, -0.05) is 82.3 Å². The molecule has 1 aliphatic heterocycles. The van der Waals surface area contributed by atoms with Crippen LogP contribution in [0.3, 0.4) is 0 Å². The van der Waals surface area contributed by atoms with Crippen molar-refractivity contribution in [2.75, 3.05) is 28.4 Å². The highest BCUT2D eigenvalue weighted by Gasteiger charge is 2.56. The van der Waals surface area contributed by atoms with E-state index < -0.39 is 5.60 Å². The predicted octanol–water partition coefficient (Wildman–Crippen LogP) is 14.0. The van der Waals surface area contributed by atoms with Gasteiger partial charge in [0.15, 0.2) is 5.60 Å². The molecule has 5 aliphatic rings. The van der Waals surface area contributed by atoms with Crippen molar-refractivity contribution in [3.63, 3.8) is 0 Å². The average Bonchev–Trinajstić information content (AvgIpc) is 4.00. The van der Waals surface area contributed by atoms with E-state index in [9.17, 15) is 0 Å². The van der Waals surface area contributed by atoms with Crippen LogP contribution in [0, 0.1) is 22.7 Å². The number of hydrogen-bond donors (Lipinski definition) is 0. The van der Waals surface area contributed by atoms with E-state index in [1.165, 1.54) is 41.5 Å². The molecule has 0 radical (unpaired) electrons. The smallest absolute Gasteiger partial charge is 0.178 e. The summed E-state index contributed by atoms with van der Waals surface area (Å²) in [5.41, 5.74) is 9.48. The molecule has 0 amide bonds. The number of rotatable bonds is 9. The van der Waals surface area contributed by atoms with Gasteiger partial charge in [-0.2, -0.15) is 0 Å². The van der Waals surface area contributed by atoms with Gasteiger partial charge >= 0.3 is 0 Å². The molecule has 64 heavy (non-hydrogen) atoms. The first-order chi connectivity index (χ1) is 30.9. The lowest BCUT2D eigenvalue weighted by Gasteiger charge is -2.52. The third-order valence-corrected chi connectivity index (χ3v) is 15.5. The third-order valence-electron chi connectivity index (χ3n) is 15.5. The Labute approximate surface area is 378 Å². The van der Waals surface area contributed by atoms with E-state index in [0.717, 1.165) is 105 Å². The minimum Gasteiger partial charge on any atom is -0.497 e. The zero-order chi connectivity index (χ0) is 44.2. The number of benzene rings is 6. The van der Waals surface area contributed by atoms with Crippen LogP contribution in [-0.4, -0.2) is 34.5 Å². The van der Waals surface area contributed by atoms with Crippen LogP contribution < -0.4 is 28.4 Å². The molecule has 1 heterocycles. The normalized spacial score (nSPS) is 22.3. The molecule has 328 valence electrons. The van der Waals surface area contributed by atoms with Gasteiger partial charge in [0.1, 0.15) is 40.6 Å². The Morgan fingerprint density at radius 3 is 1.84 bits per heavy atom. The molecule has 0 N–H and O–H groups in total. The van der Waals surface area contributed by atoms with Crippen LogP contribution in [0.4, 0.5) is 0 Å². The minimum absolute atomic E-state index is 0.0956. The lowest BCUT2D eigenvalue weighted by Crippen LogP contribution is -2.44. The van der Waals surface area contributed by atoms with E-state index in [0.29, 0.717) is 5.92 Å².